The van der Waals surface area contributed by atoms with Gasteiger partial charge in [-0.3, -0.25) is 28.8 Å². The van der Waals surface area contributed by atoms with Gasteiger partial charge in [0.05, 0.1) is 54.0 Å². The van der Waals surface area contributed by atoms with E-state index in [-0.39, 0.29) is 28.7 Å². The minimum Gasteiger partial charge on any atom is -0.497 e. The van der Waals surface area contributed by atoms with Crippen molar-refractivity contribution < 1.29 is 73.7 Å². The van der Waals surface area contributed by atoms with Gasteiger partial charge in [-0.05, 0) is 140 Å². The van der Waals surface area contributed by atoms with E-state index in [1.165, 1.54) is 56.1 Å². The first-order valence-corrected chi connectivity index (χ1v) is 22.4. The highest BCUT2D eigenvalue weighted by atomic mass is 32.1. The molecule has 0 N–H and O–H groups in total. The molecule has 0 radical (unpaired) electrons. The first kappa shape index (κ1) is 62.7. The molecule has 6 rings (SSSR count). The summed E-state index contributed by atoms with van der Waals surface area (Å²) in [5.74, 6) is -0.446. The lowest BCUT2D eigenvalue weighted by Crippen LogP contribution is -2.13. The van der Waals surface area contributed by atoms with E-state index in [9.17, 15) is 59.5 Å². The van der Waals surface area contributed by atoms with Crippen molar-refractivity contribution in [3.63, 3.8) is 0 Å². The zero-order valence-electron chi connectivity index (χ0n) is 42.1. The Morgan fingerprint density at radius 2 is 0.903 bits per heavy atom. The fourth-order valence-corrected chi connectivity index (χ4v) is 7.48. The summed E-state index contributed by atoms with van der Waals surface area (Å²) in [7, 11) is 4.66. The minimum absolute atomic E-state index is 0.0143. The topological polar surface area (TPSA) is 130 Å². The molecular formula is C55H57F7O9S. The van der Waals surface area contributed by atoms with Crippen LogP contribution in [0.2, 0.25) is 0 Å². The van der Waals surface area contributed by atoms with Gasteiger partial charge >= 0.3 is 12.4 Å². The number of benzene rings is 5. The molecule has 9 nitrogen and oxygen atoms in total. The maximum absolute atomic E-state index is 12.9. The largest absolute Gasteiger partial charge is 0.497 e. The SMILES string of the molecule is CC(=O)c1c(C)cc(C)cc1C.CC(=O)c1c(F)cccc1C(F)(F)F.CC(=O)c1ccccc1C(F)(F)F.CC(=O)c1sccc1C.COc1ccc(C(C)=O)c(OC)c1.COc1ccccc1C(C)=O. The highest BCUT2D eigenvalue weighted by molar-refractivity contribution is 7.12. The number of Topliss-reactive ketones (excluding diaryl/α,β-unsaturated/α-hetero) is 6. The van der Waals surface area contributed by atoms with E-state index in [1.807, 2.05) is 63.4 Å². The summed E-state index contributed by atoms with van der Waals surface area (Å²) in [5.41, 5.74) is 3.27. The summed E-state index contributed by atoms with van der Waals surface area (Å²) >= 11 is 1.51. The van der Waals surface area contributed by atoms with E-state index in [4.69, 9.17) is 14.2 Å². The molecule has 0 spiro atoms. The van der Waals surface area contributed by atoms with E-state index in [2.05, 4.69) is 0 Å². The fraction of sp³-hybridized carbons (Fsp3) is 0.273. The van der Waals surface area contributed by atoms with Crippen LogP contribution in [0.1, 0.15) is 136 Å². The zero-order chi connectivity index (χ0) is 55.3. The van der Waals surface area contributed by atoms with Gasteiger partial charge in [-0.25, -0.2) is 4.39 Å². The Hall–Kier alpha value is -7.27. The van der Waals surface area contributed by atoms with Crippen LogP contribution in [0.15, 0.2) is 109 Å². The lowest BCUT2D eigenvalue weighted by Gasteiger charge is -2.10. The van der Waals surface area contributed by atoms with Crippen LogP contribution in [-0.4, -0.2) is 56.0 Å². The molecule has 1 heterocycles. The van der Waals surface area contributed by atoms with Crippen LogP contribution in [0, 0.1) is 33.5 Å². The van der Waals surface area contributed by atoms with E-state index in [1.54, 1.807) is 58.4 Å². The number of hydrogen-bond acceptors (Lipinski definition) is 10. The molecule has 0 bridgehead atoms. The molecule has 0 aliphatic carbocycles. The molecule has 0 amide bonds. The summed E-state index contributed by atoms with van der Waals surface area (Å²) in [6.07, 6.45) is -9.16. The van der Waals surface area contributed by atoms with Crippen LogP contribution in [0.3, 0.4) is 0 Å². The molecule has 0 aliphatic rings. The maximum atomic E-state index is 12.9. The van der Waals surface area contributed by atoms with Gasteiger partial charge in [-0.1, -0.05) is 54.1 Å². The van der Waals surface area contributed by atoms with Crippen molar-refractivity contribution >= 4 is 46.0 Å². The molecule has 0 fully saturated rings. The molecule has 386 valence electrons. The van der Waals surface area contributed by atoms with Crippen molar-refractivity contribution in [3.8, 4) is 17.2 Å². The first-order chi connectivity index (χ1) is 33.4. The number of alkyl halides is 6. The number of ketones is 6. The van der Waals surface area contributed by atoms with Gasteiger partial charge in [-0.2, -0.15) is 26.3 Å². The third kappa shape index (κ3) is 19.9. The van der Waals surface area contributed by atoms with Crippen LogP contribution in [-0.2, 0) is 12.4 Å². The van der Waals surface area contributed by atoms with Gasteiger partial charge in [0.2, 0.25) is 0 Å². The molecule has 6 aromatic rings. The number of hydrogen-bond donors (Lipinski definition) is 0. The Morgan fingerprint density at radius 3 is 1.26 bits per heavy atom. The average molecular weight is 1030 g/mol. The van der Waals surface area contributed by atoms with Crippen LogP contribution in [0.4, 0.5) is 30.7 Å². The fourth-order valence-electron chi connectivity index (χ4n) is 6.65. The molecule has 0 atom stereocenters. The number of aryl methyl sites for hydroxylation is 4. The lowest BCUT2D eigenvalue weighted by atomic mass is 9.97. The normalized spacial score (nSPS) is 10.3. The Bertz CT molecular complexity index is 2800. The highest BCUT2D eigenvalue weighted by Crippen LogP contribution is 2.34. The predicted molar refractivity (Wildman–Crippen MR) is 265 cm³/mol. The van der Waals surface area contributed by atoms with Gasteiger partial charge in [0.25, 0.3) is 0 Å². The second-order valence-electron chi connectivity index (χ2n) is 15.5. The number of methoxy groups -OCH3 is 3. The third-order valence-corrected chi connectivity index (χ3v) is 10.9. The Labute approximate surface area is 419 Å². The van der Waals surface area contributed by atoms with Gasteiger partial charge in [0.1, 0.15) is 23.1 Å². The van der Waals surface area contributed by atoms with E-state index < -0.39 is 46.4 Å². The van der Waals surface area contributed by atoms with Gasteiger partial charge in [0, 0.05) is 17.2 Å². The second-order valence-corrected chi connectivity index (χ2v) is 16.4. The number of ether oxygens (including phenoxy) is 3. The van der Waals surface area contributed by atoms with E-state index >= 15 is 0 Å². The van der Waals surface area contributed by atoms with Gasteiger partial charge in [-0.15, -0.1) is 11.3 Å². The molecule has 0 unspecified atom stereocenters. The molecular weight excluding hydrogens is 970 g/mol. The Morgan fingerprint density at radius 1 is 0.444 bits per heavy atom. The van der Waals surface area contributed by atoms with Crippen LogP contribution in [0.5, 0.6) is 17.2 Å². The molecule has 0 saturated heterocycles. The van der Waals surface area contributed by atoms with Crippen molar-refractivity contribution in [2.45, 2.75) is 81.6 Å². The van der Waals surface area contributed by atoms with E-state index in [0.717, 1.165) is 59.2 Å². The van der Waals surface area contributed by atoms with Crippen molar-refractivity contribution in [3.05, 3.63) is 180 Å². The smallest absolute Gasteiger partial charge is 0.417 e. The molecule has 17 heteroatoms. The van der Waals surface area contributed by atoms with Crippen LogP contribution in [0.25, 0.3) is 0 Å². The van der Waals surface area contributed by atoms with Crippen LogP contribution >= 0.6 is 11.3 Å². The van der Waals surface area contributed by atoms with Crippen molar-refractivity contribution in [1.82, 2.24) is 0 Å². The average Bonchev–Trinajstić information content (AvgIpc) is 3.74. The predicted octanol–water partition coefficient (Wildman–Crippen LogP) is 14.8. The van der Waals surface area contributed by atoms with Crippen molar-refractivity contribution in [1.29, 1.82) is 0 Å². The molecule has 72 heavy (non-hydrogen) atoms. The second kappa shape index (κ2) is 29.2. The van der Waals surface area contributed by atoms with Crippen molar-refractivity contribution in [2.24, 2.45) is 0 Å². The van der Waals surface area contributed by atoms with Crippen LogP contribution < -0.4 is 14.2 Å². The summed E-state index contributed by atoms with van der Waals surface area (Å²) < 4.78 is 102. The number of carbonyl (C=O) groups excluding carboxylic acids is 6. The lowest BCUT2D eigenvalue weighted by molar-refractivity contribution is -0.138. The Balaban J connectivity index is 0.000000434. The summed E-state index contributed by atoms with van der Waals surface area (Å²) in [6, 6.07) is 25.5. The minimum atomic E-state index is -4.71. The Kier molecular flexibility index (Phi) is 25.4. The summed E-state index contributed by atoms with van der Waals surface area (Å²) in [4.78, 5) is 66.5. The molecule has 5 aromatic carbocycles. The summed E-state index contributed by atoms with van der Waals surface area (Å²) in [5, 5.41) is 1.94. The number of para-hydroxylation sites is 1. The zero-order valence-corrected chi connectivity index (χ0v) is 42.9. The standard InChI is InChI=1S/C11H14O.C10H12O3.C9H6F4O.C9H7F3O.C9H10O2.C7H8OS/c1-7-5-8(2)11(10(4)12)9(3)6-7;1-7(11)9-5-4-8(12-2)6-10(9)13-3;1-5(14)8-6(9(11,12)13)3-2-4-7(8)10;1-6(13)7-4-2-3-5-8(7)9(10,11)12;1-7(10)8-5-3-4-6-9(8)11-2;1-5-3-4-9-7(5)6(2)8/h5-6H,1-4H3;4-6H,1-3H3;2-4H,1H3;2-5H,1H3;3-6H,1-2H3;3-4H,1-2H3. The van der Waals surface area contributed by atoms with Gasteiger partial charge in [0.15, 0.2) is 34.7 Å². The third-order valence-electron chi connectivity index (χ3n) is 9.77. The van der Waals surface area contributed by atoms with Gasteiger partial charge < -0.3 is 14.2 Å². The summed E-state index contributed by atoms with van der Waals surface area (Å²) in [6.45, 7) is 16.2. The first-order valence-electron chi connectivity index (χ1n) is 21.5. The number of carbonyl (C=O) groups is 6. The molecule has 1 aromatic heterocycles. The number of rotatable bonds is 9. The highest BCUT2D eigenvalue weighted by Gasteiger charge is 2.36. The molecule has 0 aliphatic heterocycles. The van der Waals surface area contributed by atoms with E-state index in [0.29, 0.717) is 34.4 Å². The monoisotopic (exact) mass is 1030 g/mol. The maximum Gasteiger partial charge on any atom is 0.417 e. The number of thiophene rings is 1. The van der Waals surface area contributed by atoms with Crippen molar-refractivity contribution in [2.75, 3.05) is 21.3 Å². The number of halogens is 7. The molecule has 0 saturated carbocycles. The quantitative estimate of drug-likeness (QED) is 0.103.